The van der Waals surface area contributed by atoms with Crippen molar-refractivity contribution in [2.24, 2.45) is 17.8 Å². The minimum atomic E-state index is -0.0847. The molecule has 1 aliphatic heterocycles. The molecule has 0 bridgehead atoms. The first-order valence-corrected chi connectivity index (χ1v) is 8.11. The molecule has 1 N–H and O–H groups in total. The maximum absolute atomic E-state index is 10.4. The van der Waals surface area contributed by atoms with Crippen LogP contribution in [0.2, 0.25) is 0 Å². The van der Waals surface area contributed by atoms with E-state index in [1.165, 1.54) is 32.5 Å². The second kappa shape index (κ2) is 6.55. The van der Waals surface area contributed by atoms with Crippen LogP contribution in [0.15, 0.2) is 0 Å². The third kappa shape index (κ3) is 3.71. The maximum Gasteiger partial charge on any atom is 0.0585 e. The monoisotopic (exact) mass is 268 g/mol. The van der Waals surface area contributed by atoms with E-state index in [-0.39, 0.29) is 6.10 Å². The van der Waals surface area contributed by atoms with Crippen molar-refractivity contribution in [3.05, 3.63) is 0 Å². The van der Waals surface area contributed by atoms with Crippen LogP contribution in [0.25, 0.3) is 0 Å². The van der Waals surface area contributed by atoms with E-state index < -0.39 is 0 Å². The zero-order valence-electron chi connectivity index (χ0n) is 13.2. The minimum Gasteiger partial charge on any atom is -0.393 e. The smallest absolute Gasteiger partial charge is 0.0585 e. The van der Waals surface area contributed by atoms with Gasteiger partial charge in [-0.25, -0.2) is 0 Å². The molecule has 1 heterocycles. The van der Waals surface area contributed by atoms with Crippen molar-refractivity contribution in [3.8, 4) is 0 Å². The molecule has 19 heavy (non-hydrogen) atoms. The molecule has 0 aromatic carbocycles. The van der Waals surface area contributed by atoms with Crippen molar-refractivity contribution in [3.63, 3.8) is 0 Å². The summed E-state index contributed by atoms with van der Waals surface area (Å²) in [6.07, 6.45) is 3.43. The summed E-state index contributed by atoms with van der Waals surface area (Å²) in [7, 11) is 2.24. The van der Waals surface area contributed by atoms with Gasteiger partial charge >= 0.3 is 0 Å². The molecule has 5 atom stereocenters. The summed E-state index contributed by atoms with van der Waals surface area (Å²) in [6.45, 7) is 11.5. The molecule has 1 saturated heterocycles. The molecule has 1 aliphatic carbocycles. The molecule has 5 unspecified atom stereocenters. The Morgan fingerprint density at radius 2 is 1.89 bits per heavy atom. The fourth-order valence-electron chi connectivity index (χ4n) is 4.09. The summed E-state index contributed by atoms with van der Waals surface area (Å²) in [4.78, 5) is 5.08. The minimum absolute atomic E-state index is 0.0847. The number of piperazine rings is 1. The summed E-state index contributed by atoms with van der Waals surface area (Å²) in [6, 6.07) is 0.698. The molecule has 3 nitrogen and oxygen atoms in total. The predicted molar refractivity (Wildman–Crippen MR) is 80.2 cm³/mol. The molecule has 2 fully saturated rings. The van der Waals surface area contributed by atoms with Gasteiger partial charge in [-0.05, 0) is 38.1 Å². The number of aliphatic hydroxyl groups excluding tert-OH is 1. The Morgan fingerprint density at radius 3 is 2.53 bits per heavy atom. The van der Waals surface area contributed by atoms with E-state index in [1.54, 1.807) is 0 Å². The highest BCUT2D eigenvalue weighted by atomic mass is 16.3. The van der Waals surface area contributed by atoms with E-state index in [0.29, 0.717) is 23.8 Å². The van der Waals surface area contributed by atoms with E-state index in [9.17, 15) is 5.11 Å². The molecule has 0 radical (unpaired) electrons. The molecule has 112 valence electrons. The average molecular weight is 268 g/mol. The van der Waals surface area contributed by atoms with Crippen LogP contribution in [-0.4, -0.2) is 60.3 Å². The fourth-order valence-corrected chi connectivity index (χ4v) is 4.09. The lowest BCUT2D eigenvalue weighted by Gasteiger charge is -2.44. The summed E-state index contributed by atoms with van der Waals surface area (Å²) in [5.41, 5.74) is 0. The van der Waals surface area contributed by atoms with Gasteiger partial charge in [-0.1, -0.05) is 20.8 Å². The largest absolute Gasteiger partial charge is 0.393 e. The van der Waals surface area contributed by atoms with E-state index in [2.05, 4.69) is 37.6 Å². The molecule has 2 rings (SSSR count). The first-order valence-electron chi connectivity index (χ1n) is 8.11. The van der Waals surface area contributed by atoms with Crippen molar-refractivity contribution >= 4 is 0 Å². The first kappa shape index (κ1) is 15.3. The molecule has 0 aromatic heterocycles. The number of likely N-dealkylation sites (N-methyl/N-ethyl adjacent to an activating group) is 1. The van der Waals surface area contributed by atoms with Gasteiger partial charge in [0.2, 0.25) is 0 Å². The molecule has 0 spiro atoms. The van der Waals surface area contributed by atoms with E-state index in [0.717, 1.165) is 13.0 Å². The normalized spacial score (nSPS) is 42.5. The van der Waals surface area contributed by atoms with Gasteiger partial charge in [0.25, 0.3) is 0 Å². The summed E-state index contributed by atoms with van der Waals surface area (Å²) >= 11 is 0. The van der Waals surface area contributed by atoms with Crippen molar-refractivity contribution in [2.45, 2.75) is 52.2 Å². The van der Waals surface area contributed by atoms with Crippen LogP contribution in [0.4, 0.5) is 0 Å². The number of rotatable bonds is 3. The van der Waals surface area contributed by atoms with Crippen molar-refractivity contribution < 1.29 is 5.11 Å². The summed E-state index contributed by atoms with van der Waals surface area (Å²) < 4.78 is 0. The van der Waals surface area contributed by atoms with Crippen molar-refractivity contribution in [2.75, 3.05) is 33.2 Å². The Kier molecular flexibility index (Phi) is 5.27. The second-order valence-corrected chi connectivity index (χ2v) is 7.09. The number of nitrogens with zero attached hydrogens (tertiary/aromatic N) is 2. The van der Waals surface area contributed by atoms with Crippen molar-refractivity contribution in [1.82, 2.24) is 9.80 Å². The summed E-state index contributed by atoms with van der Waals surface area (Å²) in [5, 5.41) is 10.4. The van der Waals surface area contributed by atoms with Gasteiger partial charge in [0, 0.05) is 38.1 Å². The van der Waals surface area contributed by atoms with E-state index in [1.807, 2.05) is 0 Å². The lowest BCUT2D eigenvalue weighted by atomic mass is 9.73. The van der Waals surface area contributed by atoms with Gasteiger partial charge in [-0.15, -0.1) is 0 Å². The Balaban J connectivity index is 1.89. The van der Waals surface area contributed by atoms with Gasteiger partial charge < -0.3 is 14.9 Å². The van der Waals surface area contributed by atoms with Crippen LogP contribution < -0.4 is 0 Å². The standard InChI is InChI=1S/C16H32N2O/c1-5-14-10-18(7-6-17(14)4)11-15-13(3)8-12(2)9-16(15)19/h12-16,19H,5-11H2,1-4H3. The highest BCUT2D eigenvalue weighted by Crippen LogP contribution is 2.34. The fraction of sp³-hybridized carbons (Fsp3) is 1.00. The molecular formula is C16H32N2O. The highest BCUT2D eigenvalue weighted by molar-refractivity contribution is 4.87. The van der Waals surface area contributed by atoms with Crippen LogP contribution in [0.3, 0.4) is 0 Å². The van der Waals surface area contributed by atoms with E-state index >= 15 is 0 Å². The molecule has 2 aliphatic rings. The Morgan fingerprint density at radius 1 is 1.16 bits per heavy atom. The van der Waals surface area contributed by atoms with Crippen molar-refractivity contribution in [1.29, 1.82) is 0 Å². The predicted octanol–water partition coefficient (Wildman–Crippen LogP) is 2.06. The zero-order valence-corrected chi connectivity index (χ0v) is 13.2. The summed E-state index contributed by atoms with van der Waals surface area (Å²) in [5.74, 6) is 1.84. The van der Waals surface area contributed by atoms with Gasteiger partial charge in [0.1, 0.15) is 0 Å². The molecule has 3 heteroatoms. The number of hydrogen-bond donors (Lipinski definition) is 1. The topological polar surface area (TPSA) is 26.7 Å². The number of aliphatic hydroxyl groups is 1. The average Bonchev–Trinajstić information content (AvgIpc) is 2.35. The van der Waals surface area contributed by atoms with Crippen LogP contribution in [0.5, 0.6) is 0 Å². The van der Waals surface area contributed by atoms with Crippen LogP contribution >= 0.6 is 0 Å². The highest BCUT2D eigenvalue weighted by Gasteiger charge is 2.35. The third-order valence-corrected chi connectivity index (χ3v) is 5.44. The maximum atomic E-state index is 10.4. The molecule has 1 saturated carbocycles. The molecular weight excluding hydrogens is 236 g/mol. The second-order valence-electron chi connectivity index (χ2n) is 7.09. The number of hydrogen-bond acceptors (Lipinski definition) is 3. The first-order chi connectivity index (χ1) is 9.01. The molecule has 0 aromatic rings. The Hall–Kier alpha value is -0.120. The Bertz CT molecular complexity index is 272. The van der Waals surface area contributed by atoms with Gasteiger partial charge in [-0.2, -0.15) is 0 Å². The van der Waals surface area contributed by atoms with Crippen LogP contribution in [-0.2, 0) is 0 Å². The SMILES string of the molecule is CCC1CN(CC2C(C)CC(C)CC2O)CCN1C. The zero-order chi connectivity index (χ0) is 14.0. The van der Waals surface area contributed by atoms with Crippen LogP contribution in [0.1, 0.15) is 40.0 Å². The lowest BCUT2D eigenvalue weighted by Crippen LogP contribution is -2.54. The quantitative estimate of drug-likeness (QED) is 0.849. The molecule has 0 amide bonds. The van der Waals surface area contributed by atoms with Crippen LogP contribution in [0, 0.1) is 17.8 Å². The third-order valence-electron chi connectivity index (χ3n) is 5.44. The van der Waals surface area contributed by atoms with Gasteiger partial charge in [0.05, 0.1) is 6.10 Å². The lowest BCUT2D eigenvalue weighted by molar-refractivity contribution is -0.0151. The van der Waals surface area contributed by atoms with Gasteiger partial charge in [0.15, 0.2) is 0 Å². The van der Waals surface area contributed by atoms with E-state index in [4.69, 9.17) is 0 Å². The Labute approximate surface area is 119 Å². The van der Waals surface area contributed by atoms with Gasteiger partial charge in [-0.3, -0.25) is 0 Å².